The summed E-state index contributed by atoms with van der Waals surface area (Å²) in [7, 11) is 5.41. The number of nitrogens with zero attached hydrogens (tertiary/aromatic N) is 1. The Balaban J connectivity index is 2.03. The number of hydroxylamine groups is 1. The monoisotopic (exact) mass is 280 g/mol. The molecule has 1 fully saturated rings. The minimum Gasteiger partial charge on any atom is -0.493 e. The van der Waals surface area contributed by atoms with E-state index in [4.69, 9.17) is 14.3 Å². The second kappa shape index (κ2) is 7.47. The van der Waals surface area contributed by atoms with E-state index in [1.165, 1.54) is 6.42 Å². The molecular formula is C15H24N2O3. The molecule has 112 valence electrons. The molecule has 5 nitrogen and oxygen atoms in total. The van der Waals surface area contributed by atoms with Gasteiger partial charge in [-0.15, -0.1) is 0 Å². The van der Waals surface area contributed by atoms with Gasteiger partial charge in [0.25, 0.3) is 0 Å². The van der Waals surface area contributed by atoms with Gasteiger partial charge in [-0.3, -0.25) is 0 Å². The van der Waals surface area contributed by atoms with Crippen molar-refractivity contribution in [3.05, 3.63) is 23.8 Å². The van der Waals surface area contributed by atoms with E-state index in [1.54, 1.807) is 14.2 Å². The molecule has 1 aliphatic heterocycles. The Morgan fingerprint density at radius 3 is 2.85 bits per heavy atom. The van der Waals surface area contributed by atoms with E-state index in [2.05, 4.69) is 17.4 Å². The smallest absolute Gasteiger partial charge is 0.161 e. The van der Waals surface area contributed by atoms with Gasteiger partial charge in [0.15, 0.2) is 11.5 Å². The summed E-state index contributed by atoms with van der Waals surface area (Å²) < 4.78 is 11.5. The minimum absolute atomic E-state index is 0.241. The topological polar surface area (TPSA) is 43.0 Å². The van der Waals surface area contributed by atoms with Crippen LogP contribution in [0.1, 0.15) is 18.4 Å². The van der Waals surface area contributed by atoms with Crippen LogP contribution in [0.15, 0.2) is 18.2 Å². The minimum atomic E-state index is 0.241. The van der Waals surface area contributed by atoms with Gasteiger partial charge in [-0.2, -0.15) is 5.48 Å². The summed E-state index contributed by atoms with van der Waals surface area (Å²) in [4.78, 5) is 7.16. The van der Waals surface area contributed by atoms with Gasteiger partial charge < -0.3 is 19.2 Å². The van der Waals surface area contributed by atoms with Gasteiger partial charge in [0, 0.05) is 13.1 Å². The maximum atomic E-state index is 6.09. The molecule has 0 bridgehead atoms. The second-order valence-corrected chi connectivity index (χ2v) is 5.15. The highest BCUT2D eigenvalue weighted by Gasteiger charge is 2.20. The Kier molecular flexibility index (Phi) is 5.64. The van der Waals surface area contributed by atoms with Crippen molar-refractivity contribution in [2.75, 3.05) is 34.4 Å². The number of hydrogen-bond donors (Lipinski definition) is 1. The fourth-order valence-electron chi connectivity index (χ4n) is 2.47. The van der Waals surface area contributed by atoms with Crippen LogP contribution in [0.2, 0.25) is 0 Å². The Morgan fingerprint density at radius 2 is 2.15 bits per heavy atom. The van der Waals surface area contributed by atoms with Gasteiger partial charge in [-0.25, -0.2) is 0 Å². The van der Waals surface area contributed by atoms with E-state index in [0.717, 1.165) is 36.6 Å². The first-order valence-electron chi connectivity index (χ1n) is 7.01. The molecule has 1 saturated heterocycles. The van der Waals surface area contributed by atoms with E-state index >= 15 is 0 Å². The molecule has 0 aromatic heterocycles. The van der Waals surface area contributed by atoms with Crippen molar-refractivity contribution in [1.82, 2.24) is 10.4 Å². The molecule has 0 spiro atoms. The lowest BCUT2D eigenvalue weighted by molar-refractivity contribution is 0.0864. The van der Waals surface area contributed by atoms with Crippen LogP contribution in [0.5, 0.6) is 11.5 Å². The molecule has 1 heterocycles. The fraction of sp³-hybridized carbons (Fsp3) is 0.600. The number of likely N-dealkylation sites (tertiary alicyclic amines) is 1. The fourth-order valence-corrected chi connectivity index (χ4v) is 2.47. The van der Waals surface area contributed by atoms with Gasteiger partial charge in [-0.05, 0) is 44.1 Å². The maximum Gasteiger partial charge on any atom is 0.161 e. The summed E-state index contributed by atoms with van der Waals surface area (Å²) in [6, 6.07) is 5.98. The van der Waals surface area contributed by atoms with Crippen molar-refractivity contribution in [3.8, 4) is 11.5 Å². The molecule has 1 N–H and O–H groups in total. The SMILES string of the molecule is CONCc1ccc(OC2CCCN(C)C2)c(OC)c1. The molecule has 20 heavy (non-hydrogen) atoms. The van der Waals surface area contributed by atoms with Crippen LogP contribution in [-0.4, -0.2) is 45.4 Å². The molecule has 0 radical (unpaired) electrons. The largest absolute Gasteiger partial charge is 0.493 e. The molecule has 0 aliphatic carbocycles. The number of ether oxygens (including phenoxy) is 2. The third kappa shape index (κ3) is 4.10. The average molecular weight is 280 g/mol. The third-order valence-corrected chi connectivity index (χ3v) is 3.52. The predicted molar refractivity (Wildman–Crippen MR) is 78.0 cm³/mol. The summed E-state index contributed by atoms with van der Waals surface area (Å²) in [5.74, 6) is 1.59. The molecule has 2 rings (SSSR count). The predicted octanol–water partition coefficient (Wildman–Crippen LogP) is 1.82. The zero-order valence-electron chi connectivity index (χ0n) is 12.5. The number of rotatable bonds is 6. The summed E-state index contributed by atoms with van der Waals surface area (Å²) >= 11 is 0. The van der Waals surface area contributed by atoms with Gasteiger partial charge in [0.2, 0.25) is 0 Å². The standard InChI is InChI=1S/C15H24N2O3/c1-17-8-4-5-13(11-17)20-14-7-6-12(10-16-19-3)9-15(14)18-2/h6-7,9,13,16H,4-5,8,10-11H2,1-3H3. The van der Waals surface area contributed by atoms with E-state index in [9.17, 15) is 0 Å². The Morgan fingerprint density at radius 1 is 1.30 bits per heavy atom. The van der Waals surface area contributed by atoms with Crippen LogP contribution in [-0.2, 0) is 11.4 Å². The van der Waals surface area contributed by atoms with Crippen molar-refractivity contribution >= 4 is 0 Å². The first-order valence-corrected chi connectivity index (χ1v) is 7.01. The van der Waals surface area contributed by atoms with Crippen molar-refractivity contribution in [2.24, 2.45) is 0 Å². The first-order chi connectivity index (χ1) is 9.72. The highest BCUT2D eigenvalue weighted by atomic mass is 16.6. The Bertz CT molecular complexity index is 426. The van der Waals surface area contributed by atoms with E-state index < -0.39 is 0 Å². The number of nitrogens with one attached hydrogen (secondary N) is 1. The zero-order valence-corrected chi connectivity index (χ0v) is 12.5. The summed E-state index contributed by atoms with van der Waals surface area (Å²) in [5.41, 5.74) is 3.91. The number of likely N-dealkylation sites (N-methyl/N-ethyl adjacent to an activating group) is 1. The second-order valence-electron chi connectivity index (χ2n) is 5.15. The normalized spacial score (nSPS) is 19.9. The lowest BCUT2D eigenvalue weighted by Gasteiger charge is -2.30. The van der Waals surface area contributed by atoms with Crippen LogP contribution < -0.4 is 15.0 Å². The average Bonchev–Trinajstić information content (AvgIpc) is 2.46. The van der Waals surface area contributed by atoms with Crippen molar-refractivity contribution in [3.63, 3.8) is 0 Å². The molecular weight excluding hydrogens is 256 g/mol. The number of methoxy groups -OCH3 is 1. The summed E-state index contributed by atoms with van der Waals surface area (Å²) in [6.45, 7) is 2.76. The molecule has 5 heteroatoms. The summed E-state index contributed by atoms with van der Waals surface area (Å²) in [6.07, 6.45) is 2.52. The maximum absolute atomic E-state index is 6.09. The number of piperidine rings is 1. The molecule has 1 unspecified atom stereocenters. The molecule has 1 aromatic carbocycles. The highest BCUT2D eigenvalue weighted by molar-refractivity contribution is 5.43. The lowest BCUT2D eigenvalue weighted by Crippen LogP contribution is -2.38. The molecule has 1 atom stereocenters. The van der Waals surface area contributed by atoms with Crippen LogP contribution in [0, 0.1) is 0 Å². The Labute approximate surface area is 120 Å². The van der Waals surface area contributed by atoms with Crippen molar-refractivity contribution < 1.29 is 14.3 Å². The van der Waals surface area contributed by atoms with Crippen molar-refractivity contribution in [2.45, 2.75) is 25.5 Å². The lowest BCUT2D eigenvalue weighted by atomic mass is 10.1. The van der Waals surface area contributed by atoms with Crippen molar-refractivity contribution in [1.29, 1.82) is 0 Å². The van der Waals surface area contributed by atoms with Gasteiger partial charge >= 0.3 is 0 Å². The quantitative estimate of drug-likeness (QED) is 0.805. The van der Waals surface area contributed by atoms with Crippen LogP contribution in [0.4, 0.5) is 0 Å². The molecule has 1 aromatic rings. The van der Waals surface area contributed by atoms with Crippen LogP contribution in [0.25, 0.3) is 0 Å². The highest BCUT2D eigenvalue weighted by Crippen LogP contribution is 2.30. The van der Waals surface area contributed by atoms with Gasteiger partial charge in [0.1, 0.15) is 6.10 Å². The number of hydrogen-bond acceptors (Lipinski definition) is 5. The molecule has 0 amide bonds. The summed E-state index contributed by atoms with van der Waals surface area (Å²) in [5, 5.41) is 0. The van der Waals surface area contributed by atoms with Crippen LogP contribution in [0.3, 0.4) is 0 Å². The van der Waals surface area contributed by atoms with Gasteiger partial charge in [-0.1, -0.05) is 6.07 Å². The number of benzene rings is 1. The van der Waals surface area contributed by atoms with Gasteiger partial charge in [0.05, 0.1) is 14.2 Å². The zero-order chi connectivity index (χ0) is 14.4. The van der Waals surface area contributed by atoms with Crippen LogP contribution >= 0.6 is 0 Å². The third-order valence-electron chi connectivity index (χ3n) is 3.52. The van der Waals surface area contributed by atoms with E-state index in [1.807, 2.05) is 18.2 Å². The Hall–Kier alpha value is -1.30. The van der Waals surface area contributed by atoms with E-state index in [-0.39, 0.29) is 6.10 Å². The first kappa shape index (κ1) is 15.1. The molecule has 1 aliphatic rings. The van der Waals surface area contributed by atoms with E-state index in [0.29, 0.717) is 6.54 Å². The molecule has 0 saturated carbocycles.